The van der Waals surface area contributed by atoms with E-state index in [1.165, 1.54) is 5.56 Å². The second kappa shape index (κ2) is 9.22. The van der Waals surface area contributed by atoms with Gasteiger partial charge in [0.2, 0.25) is 0 Å². The maximum absolute atomic E-state index is 6.23. The van der Waals surface area contributed by atoms with Gasteiger partial charge in [-0.3, -0.25) is 4.99 Å². The van der Waals surface area contributed by atoms with Crippen LogP contribution in [-0.4, -0.2) is 32.8 Å². The molecule has 3 N–H and O–H groups in total. The molecule has 0 aliphatic carbocycles. The molecule has 0 spiro atoms. The van der Waals surface area contributed by atoms with Gasteiger partial charge in [0.05, 0.1) is 13.2 Å². The van der Waals surface area contributed by atoms with Crippen molar-refractivity contribution in [3.8, 4) is 0 Å². The molecule has 1 aliphatic rings. The van der Waals surface area contributed by atoms with Crippen LogP contribution in [0.1, 0.15) is 24.0 Å². The molecule has 0 unspecified atom stereocenters. The second-order valence-corrected chi connectivity index (χ2v) is 7.26. The fraction of sp³-hybridized carbons (Fsp3) is 0.381. The predicted molar refractivity (Wildman–Crippen MR) is 110 cm³/mol. The van der Waals surface area contributed by atoms with Gasteiger partial charge in [0.15, 0.2) is 5.96 Å². The number of nitrogens with one attached hydrogen (secondary N) is 1. The quantitative estimate of drug-likeness (QED) is 0.581. The molecule has 0 atom stereocenters. The number of anilines is 1. The Morgan fingerprint density at radius 2 is 2.00 bits per heavy atom. The third-order valence-electron chi connectivity index (χ3n) is 5.02. The third-order valence-corrected chi connectivity index (χ3v) is 5.25. The molecule has 0 bridgehead atoms. The van der Waals surface area contributed by atoms with Gasteiger partial charge >= 0.3 is 0 Å². The highest BCUT2D eigenvalue weighted by Gasteiger charge is 2.34. The molecule has 5 nitrogen and oxygen atoms in total. The van der Waals surface area contributed by atoms with Crippen LogP contribution >= 0.6 is 11.6 Å². The van der Waals surface area contributed by atoms with Crippen LogP contribution in [0.25, 0.3) is 0 Å². The average molecular weight is 388 g/mol. The minimum atomic E-state index is -0.110. The number of methoxy groups -OCH3 is 1. The number of guanidine groups is 1. The number of ether oxygens (including phenoxy) is 2. The van der Waals surface area contributed by atoms with E-state index in [-0.39, 0.29) is 5.41 Å². The highest BCUT2D eigenvalue weighted by molar-refractivity contribution is 6.30. The van der Waals surface area contributed by atoms with Crippen molar-refractivity contribution in [3.05, 3.63) is 64.7 Å². The summed E-state index contributed by atoms with van der Waals surface area (Å²) in [5.41, 5.74) is 9.22. The van der Waals surface area contributed by atoms with Crippen LogP contribution in [0.4, 0.5) is 5.69 Å². The highest BCUT2D eigenvalue weighted by Crippen LogP contribution is 2.36. The molecule has 6 heteroatoms. The Morgan fingerprint density at radius 1 is 1.22 bits per heavy atom. The molecule has 1 fully saturated rings. The molecule has 1 aliphatic heterocycles. The largest absolute Gasteiger partial charge is 0.381 e. The zero-order chi connectivity index (χ0) is 19.1. The summed E-state index contributed by atoms with van der Waals surface area (Å²) in [6.45, 7) is 2.53. The van der Waals surface area contributed by atoms with E-state index in [1.807, 2.05) is 42.5 Å². The standard InChI is InChI=1S/C21H26ClN3O2/c1-26-14-16-5-2-3-8-19(16)25-20(23)24-15-21(9-11-27-12-10-21)17-6-4-7-18(22)13-17/h2-8,13H,9-12,14-15H2,1H3,(H3,23,24,25). The van der Waals surface area contributed by atoms with Gasteiger partial charge in [-0.1, -0.05) is 41.9 Å². The van der Waals surface area contributed by atoms with Gasteiger partial charge < -0.3 is 20.5 Å². The molecule has 144 valence electrons. The van der Waals surface area contributed by atoms with Crippen molar-refractivity contribution in [1.82, 2.24) is 0 Å². The molecule has 2 aromatic carbocycles. The van der Waals surface area contributed by atoms with Gasteiger partial charge in [0.1, 0.15) is 0 Å². The minimum absolute atomic E-state index is 0.110. The summed E-state index contributed by atoms with van der Waals surface area (Å²) in [4.78, 5) is 4.67. The molecular weight excluding hydrogens is 362 g/mol. The van der Waals surface area contributed by atoms with Gasteiger partial charge in [0, 0.05) is 42.0 Å². The van der Waals surface area contributed by atoms with Crippen molar-refractivity contribution >= 4 is 23.2 Å². The first-order chi connectivity index (χ1) is 13.1. The number of hydrogen-bond donors (Lipinski definition) is 2. The maximum atomic E-state index is 6.23. The number of nitrogens with two attached hydrogens (primary N) is 1. The fourth-order valence-corrected chi connectivity index (χ4v) is 3.65. The van der Waals surface area contributed by atoms with Crippen LogP contribution in [0, 0.1) is 0 Å². The summed E-state index contributed by atoms with van der Waals surface area (Å²) < 4.78 is 10.8. The van der Waals surface area contributed by atoms with E-state index in [2.05, 4.69) is 16.4 Å². The van der Waals surface area contributed by atoms with Crippen molar-refractivity contribution in [1.29, 1.82) is 0 Å². The Labute approximate surface area is 165 Å². The summed E-state index contributed by atoms with van der Waals surface area (Å²) in [5, 5.41) is 3.94. The zero-order valence-corrected chi connectivity index (χ0v) is 16.3. The Kier molecular flexibility index (Phi) is 6.72. The van der Waals surface area contributed by atoms with Crippen LogP contribution in [-0.2, 0) is 21.5 Å². The van der Waals surface area contributed by atoms with E-state index in [0.29, 0.717) is 32.3 Å². The summed E-state index contributed by atoms with van der Waals surface area (Å²) in [7, 11) is 1.67. The summed E-state index contributed by atoms with van der Waals surface area (Å²) in [5.74, 6) is 0.395. The highest BCUT2D eigenvalue weighted by atomic mass is 35.5. The van der Waals surface area contributed by atoms with Crippen LogP contribution in [0.15, 0.2) is 53.5 Å². The van der Waals surface area contributed by atoms with Crippen molar-refractivity contribution in [2.75, 3.05) is 32.2 Å². The SMILES string of the molecule is COCc1ccccc1NC(N)=NCC1(c2cccc(Cl)c2)CCOCC1. The number of benzene rings is 2. The van der Waals surface area contributed by atoms with E-state index in [1.54, 1.807) is 7.11 Å². The molecule has 27 heavy (non-hydrogen) atoms. The normalized spacial score (nSPS) is 16.9. The average Bonchev–Trinajstić information content (AvgIpc) is 2.69. The van der Waals surface area contributed by atoms with Crippen molar-refractivity contribution in [3.63, 3.8) is 0 Å². The zero-order valence-electron chi connectivity index (χ0n) is 15.6. The third kappa shape index (κ3) is 5.01. The monoisotopic (exact) mass is 387 g/mol. The molecule has 0 radical (unpaired) electrons. The molecule has 0 amide bonds. The van der Waals surface area contributed by atoms with Gasteiger partial charge in [-0.25, -0.2) is 0 Å². The molecule has 2 aromatic rings. The van der Waals surface area contributed by atoms with Crippen LogP contribution in [0.5, 0.6) is 0 Å². The molecule has 1 saturated heterocycles. The predicted octanol–water partition coefficient (Wildman–Crippen LogP) is 3.96. The fourth-order valence-electron chi connectivity index (χ4n) is 3.46. The molecular formula is C21H26ClN3O2. The molecule has 3 rings (SSSR count). The van der Waals surface area contributed by atoms with Crippen molar-refractivity contribution < 1.29 is 9.47 Å². The number of aliphatic imine (C=N–C) groups is 1. The molecule has 0 aromatic heterocycles. The van der Waals surface area contributed by atoms with Gasteiger partial charge in [-0.15, -0.1) is 0 Å². The van der Waals surface area contributed by atoms with Gasteiger partial charge in [-0.2, -0.15) is 0 Å². The van der Waals surface area contributed by atoms with Crippen LogP contribution in [0.3, 0.4) is 0 Å². The Hall–Kier alpha value is -2.08. The van der Waals surface area contributed by atoms with Gasteiger partial charge in [-0.05, 0) is 36.6 Å². The number of halogens is 1. The first-order valence-electron chi connectivity index (χ1n) is 9.10. The lowest BCUT2D eigenvalue weighted by Gasteiger charge is -2.36. The van der Waals surface area contributed by atoms with E-state index < -0.39 is 0 Å². The lowest BCUT2D eigenvalue weighted by atomic mass is 9.74. The lowest BCUT2D eigenvalue weighted by molar-refractivity contribution is 0.0531. The Balaban J connectivity index is 1.78. The summed E-state index contributed by atoms with van der Waals surface area (Å²) in [6.07, 6.45) is 1.79. The van der Waals surface area contributed by atoms with E-state index >= 15 is 0 Å². The number of hydrogen-bond acceptors (Lipinski definition) is 3. The molecule has 1 heterocycles. The van der Waals surface area contributed by atoms with Crippen LogP contribution < -0.4 is 11.1 Å². The minimum Gasteiger partial charge on any atom is -0.381 e. The number of rotatable bonds is 6. The van der Waals surface area contributed by atoms with E-state index in [4.69, 9.17) is 26.8 Å². The number of nitrogens with zero attached hydrogens (tertiary/aromatic N) is 1. The Bertz CT molecular complexity index is 789. The van der Waals surface area contributed by atoms with Crippen molar-refractivity contribution in [2.24, 2.45) is 10.7 Å². The second-order valence-electron chi connectivity index (χ2n) is 6.82. The number of para-hydroxylation sites is 1. The van der Waals surface area contributed by atoms with Crippen LogP contribution in [0.2, 0.25) is 5.02 Å². The topological polar surface area (TPSA) is 68.9 Å². The van der Waals surface area contributed by atoms with Gasteiger partial charge in [0.25, 0.3) is 0 Å². The first-order valence-corrected chi connectivity index (χ1v) is 9.48. The first kappa shape index (κ1) is 19.7. The van der Waals surface area contributed by atoms with Crippen molar-refractivity contribution in [2.45, 2.75) is 24.9 Å². The Morgan fingerprint density at radius 3 is 2.74 bits per heavy atom. The summed E-state index contributed by atoms with van der Waals surface area (Å²) in [6, 6.07) is 15.9. The summed E-state index contributed by atoms with van der Waals surface area (Å²) >= 11 is 6.23. The van der Waals surface area contributed by atoms with E-state index in [9.17, 15) is 0 Å². The lowest BCUT2D eigenvalue weighted by Crippen LogP contribution is -2.38. The maximum Gasteiger partial charge on any atom is 0.193 e. The smallest absolute Gasteiger partial charge is 0.193 e. The van der Waals surface area contributed by atoms with E-state index in [0.717, 1.165) is 29.1 Å². The molecule has 0 saturated carbocycles.